The highest BCUT2D eigenvalue weighted by atomic mass is 16.7. The Morgan fingerprint density at radius 2 is 1.03 bits per heavy atom. The molecule has 0 amide bonds. The average molecular weight is 502 g/mol. The molecule has 1 fully saturated rings. The maximum Gasteiger partial charge on any atom is 0.302 e. The lowest BCUT2D eigenvalue weighted by atomic mass is 10.4. The molecule has 1 rings (SSSR count). The summed E-state index contributed by atoms with van der Waals surface area (Å²) in [6, 6.07) is 0. The van der Waals surface area contributed by atoms with E-state index in [2.05, 4.69) is 23.6 Å². The molecule has 6 heteroatoms. The number of rotatable bonds is 4. The van der Waals surface area contributed by atoms with Crippen LogP contribution in [0.15, 0.2) is 4.99 Å². The number of hydrogen-bond acceptors (Lipinski definition) is 6. The van der Waals surface area contributed by atoms with Crippen molar-refractivity contribution in [2.75, 3.05) is 28.4 Å². The number of methoxy groups -OCH3 is 3. The average Bonchev–Trinajstić information content (AvgIpc) is 3.27. The maximum absolute atomic E-state index is 10.0. The van der Waals surface area contributed by atoms with Crippen LogP contribution in [-0.2, 0) is 23.7 Å². The van der Waals surface area contributed by atoms with E-state index < -0.39 is 5.79 Å². The highest BCUT2D eigenvalue weighted by Crippen LogP contribution is 2.36. The van der Waals surface area contributed by atoms with E-state index in [1.165, 1.54) is 13.3 Å². The third kappa shape index (κ3) is 77.3. The largest absolute Gasteiger partial charge is 0.463 e. The van der Waals surface area contributed by atoms with Gasteiger partial charge in [-0.25, -0.2) is 0 Å². The first-order valence-electron chi connectivity index (χ1n) is 10.3. The van der Waals surface area contributed by atoms with Gasteiger partial charge in [0, 0.05) is 41.0 Å². The third-order valence-electron chi connectivity index (χ3n) is 3.82. The molecule has 0 spiro atoms. The summed E-state index contributed by atoms with van der Waals surface area (Å²) >= 11 is 0. The molecule has 6 nitrogen and oxygen atoms in total. The van der Waals surface area contributed by atoms with E-state index in [4.69, 9.17) is 14.2 Å². The Morgan fingerprint density at radius 3 is 1.03 bits per heavy atom. The summed E-state index contributed by atoms with van der Waals surface area (Å²) in [7, 11) is 6.72. The van der Waals surface area contributed by atoms with Crippen molar-refractivity contribution in [3.63, 3.8) is 0 Å². The monoisotopic (exact) mass is 502 g/mol. The van der Waals surface area contributed by atoms with E-state index in [0.29, 0.717) is 6.10 Å². The summed E-state index contributed by atoms with van der Waals surface area (Å²) in [6.07, 6.45) is 1.88. The fourth-order valence-corrected chi connectivity index (χ4v) is 0.923. The molecule has 2 atom stereocenters. The summed E-state index contributed by atoms with van der Waals surface area (Å²) in [6.45, 7) is 21.3. The smallest absolute Gasteiger partial charge is 0.302 e. The second kappa shape index (κ2) is 36.6. The molecular weight excluding hydrogens is 430 g/mol. The molecular formula is C28H71NO5. The lowest BCUT2D eigenvalue weighted by Crippen LogP contribution is -2.24. The Bertz CT molecular complexity index is 374. The first kappa shape index (κ1) is 58.7. The molecule has 0 aromatic heterocycles. The molecule has 0 aliphatic heterocycles. The first-order chi connectivity index (χ1) is 13.1. The zero-order chi connectivity index (χ0) is 24.2. The zero-order valence-corrected chi connectivity index (χ0v) is 22.0. The van der Waals surface area contributed by atoms with Gasteiger partial charge < -0.3 is 18.9 Å². The van der Waals surface area contributed by atoms with Crippen LogP contribution in [-0.4, -0.2) is 58.1 Å². The highest BCUT2D eigenvalue weighted by Gasteiger charge is 2.26. The first-order valence-corrected chi connectivity index (χ1v) is 10.3. The lowest BCUT2D eigenvalue weighted by molar-refractivity contribution is -0.178. The Balaban J connectivity index is -0.0000000319. The summed E-state index contributed by atoms with van der Waals surface area (Å²) in [5.41, 5.74) is 1.13. The fourth-order valence-electron chi connectivity index (χ4n) is 0.923. The van der Waals surface area contributed by atoms with Crippen LogP contribution in [0.2, 0.25) is 0 Å². The minimum Gasteiger partial charge on any atom is -0.463 e. The van der Waals surface area contributed by atoms with E-state index in [1.807, 2.05) is 55.4 Å². The van der Waals surface area contributed by atoms with Crippen LogP contribution in [0.1, 0.15) is 120 Å². The Morgan fingerprint density at radius 1 is 0.794 bits per heavy atom. The topological polar surface area (TPSA) is 66.4 Å². The van der Waals surface area contributed by atoms with Crippen molar-refractivity contribution in [1.29, 1.82) is 0 Å². The van der Waals surface area contributed by atoms with Crippen LogP contribution >= 0.6 is 0 Å². The number of carbonyl (C=O) groups excluding carboxylic acids is 1. The third-order valence-corrected chi connectivity index (χ3v) is 3.82. The van der Waals surface area contributed by atoms with Crippen molar-refractivity contribution in [3.05, 3.63) is 0 Å². The molecule has 0 aromatic rings. The van der Waals surface area contributed by atoms with Crippen LogP contribution < -0.4 is 0 Å². The molecule has 0 saturated heterocycles. The van der Waals surface area contributed by atoms with Gasteiger partial charge >= 0.3 is 5.97 Å². The van der Waals surface area contributed by atoms with Crippen molar-refractivity contribution in [1.82, 2.24) is 0 Å². The van der Waals surface area contributed by atoms with E-state index in [9.17, 15) is 4.79 Å². The number of carbonyl (C=O) groups is 1. The molecule has 1 aliphatic carbocycles. The Kier molecular flexibility index (Phi) is 63.1. The lowest BCUT2D eigenvalue weighted by Gasteiger charge is -2.19. The summed E-state index contributed by atoms with van der Waals surface area (Å²) in [4.78, 5) is 13.8. The maximum atomic E-state index is 10.0. The predicted molar refractivity (Wildman–Crippen MR) is 158 cm³/mol. The number of nitrogens with zero attached hydrogens (tertiary/aromatic N) is 1. The van der Waals surface area contributed by atoms with Gasteiger partial charge in [-0.2, -0.15) is 0 Å². The van der Waals surface area contributed by atoms with E-state index >= 15 is 0 Å². The molecule has 0 bridgehead atoms. The minimum atomic E-state index is -0.417. The van der Waals surface area contributed by atoms with Crippen LogP contribution in [0.4, 0.5) is 0 Å². The molecule has 0 radical (unpaired) electrons. The van der Waals surface area contributed by atoms with E-state index in [1.54, 1.807) is 28.4 Å². The SMILES string of the molecule is C.C.C.C.C.CC(=O)OC(C)C.CC1CC1C.CN=C(C)C.COC(C)(C)OC.COC(C)C. The van der Waals surface area contributed by atoms with E-state index in [0.717, 1.165) is 17.5 Å². The van der Waals surface area contributed by atoms with Crippen molar-refractivity contribution in [3.8, 4) is 0 Å². The quantitative estimate of drug-likeness (QED) is 0.218. The molecule has 1 aliphatic rings. The molecule has 0 aromatic carbocycles. The normalized spacial score (nSPS) is 14.0. The molecule has 218 valence electrons. The number of ether oxygens (including phenoxy) is 4. The summed E-state index contributed by atoms with van der Waals surface area (Å²) < 4.78 is 19.1. The molecule has 1 saturated carbocycles. The van der Waals surface area contributed by atoms with Crippen molar-refractivity contribution in [2.45, 2.75) is 138 Å². The Hall–Kier alpha value is -0.980. The van der Waals surface area contributed by atoms with Gasteiger partial charge in [0.1, 0.15) is 0 Å². The van der Waals surface area contributed by atoms with Crippen molar-refractivity contribution in [2.24, 2.45) is 16.8 Å². The summed E-state index contributed by atoms with van der Waals surface area (Å²) in [5, 5.41) is 0. The number of hydrogen-bond donors (Lipinski definition) is 0. The molecule has 34 heavy (non-hydrogen) atoms. The van der Waals surface area contributed by atoms with Crippen LogP contribution in [0.3, 0.4) is 0 Å². The second-order valence-corrected chi connectivity index (χ2v) is 8.11. The van der Waals surface area contributed by atoms with Gasteiger partial charge in [0.15, 0.2) is 5.79 Å². The molecule has 0 heterocycles. The fraction of sp³-hybridized carbons (Fsp3) is 0.929. The van der Waals surface area contributed by atoms with Crippen LogP contribution in [0.25, 0.3) is 0 Å². The van der Waals surface area contributed by atoms with Gasteiger partial charge in [0.2, 0.25) is 0 Å². The number of aliphatic imine (C=N–C) groups is 1. The van der Waals surface area contributed by atoms with Crippen LogP contribution in [0, 0.1) is 11.8 Å². The van der Waals surface area contributed by atoms with Crippen molar-refractivity contribution < 1.29 is 23.7 Å². The van der Waals surface area contributed by atoms with Gasteiger partial charge in [-0.15, -0.1) is 0 Å². The molecule has 2 unspecified atom stereocenters. The van der Waals surface area contributed by atoms with Gasteiger partial charge in [-0.05, 0) is 73.6 Å². The standard InChI is InChI=1S/C5H12O2.C5H10O2.C5H10.C4H9N.C4H10O.5CH4/c1-5(2,6-3)7-4;1-4(2)7-5(3)6;1-4-3-5(4)2;2*1-4(2)5-3;;;;;/h1-4H3;4H,1-3H3;4-5H,3H2,1-2H3;1-3H3;4H,1-3H3;5*1H4. The van der Waals surface area contributed by atoms with Gasteiger partial charge in [-0.1, -0.05) is 51.0 Å². The minimum absolute atomic E-state index is 0. The van der Waals surface area contributed by atoms with E-state index in [-0.39, 0.29) is 49.2 Å². The van der Waals surface area contributed by atoms with Gasteiger partial charge in [0.25, 0.3) is 0 Å². The highest BCUT2D eigenvalue weighted by molar-refractivity contribution is 5.78. The second-order valence-electron chi connectivity index (χ2n) is 8.11. The molecule has 0 N–H and O–H groups in total. The van der Waals surface area contributed by atoms with Gasteiger partial charge in [0.05, 0.1) is 12.2 Å². The Labute approximate surface area is 218 Å². The number of esters is 1. The zero-order valence-electron chi connectivity index (χ0n) is 22.0. The van der Waals surface area contributed by atoms with Gasteiger partial charge in [-0.3, -0.25) is 9.79 Å². The van der Waals surface area contributed by atoms with Crippen LogP contribution in [0.5, 0.6) is 0 Å². The summed E-state index contributed by atoms with van der Waals surface area (Å²) in [5.74, 6) is 1.47. The predicted octanol–water partition coefficient (Wildman–Crippen LogP) is 8.95. The van der Waals surface area contributed by atoms with Crippen molar-refractivity contribution >= 4 is 11.7 Å².